The number of hydrogen-bond donors (Lipinski definition) is 1. The molecule has 0 saturated carbocycles. The maximum atomic E-state index is 11.9. The highest BCUT2D eigenvalue weighted by Crippen LogP contribution is 2.28. The molecule has 1 N–H and O–H groups in total. The maximum absolute atomic E-state index is 11.9. The number of likely N-dealkylation sites (N-methyl/N-ethyl adjacent to an activating group) is 1. The number of hydrogen-bond acceptors (Lipinski definition) is 3. The third-order valence-corrected chi connectivity index (χ3v) is 3.44. The van der Waals surface area contributed by atoms with Gasteiger partial charge in [0.25, 0.3) is 5.91 Å². The third kappa shape index (κ3) is 4.51. The summed E-state index contributed by atoms with van der Waals surface area (Å²) in [7, 11) is 1.74. The Balaban J connectivity index is 2.77. The molecule has 0 heterocycles. The summed E-state index contributed by atoms with van der Waals surface area (Å²) in [6.07, 6.45) is -0.638. The van der Waals surface area contributed by atoms with Crippen LogP contribution in [0.4, 0.5) is 0 Å². The normalized spacial score (nSPS) is 12.4. The van der Waals surface area contributed by atoms with E-state index in [1.54, 1.807) is 31.0 Å². The van der Waals surface area contributed by atoms with Gasteiger partial charge in [0.15, 0.2) is 6.61 Å². The van der Waals surface area contributed by atoms with Gasteiger partial charge in [0, 0.05) is 23.1 Å². The highest BCUT2D eigenvalue weighted by molar-refractivity contribution is 9.10. The molecular formula is C14H20BrNO3. The van der Waals surface area contributed by atoms with Crippen LogP contribution in [-0.2, 0) is 4.79 Å². The molecule has 0 bridgehead atoms. The van der Waals surface area contributed by atoms with Gasteiger partial charge in [-0.1, -0.05) is 22.0 Å². The molecule has 1 amide bonds. The van der Waals surface area contributed by atoms with E-state index in [1.807, 2.05) is 19.9 Å². The van der Waals surface area contributed by atoms with Gasteiger partial charge in [-0.3, -0.25) is 4.79 Å². The summed E-state index contributed by atoms with van der Waals surface area (Å²) < 4.78 is 6.38. The molecule has 1 rings (SSSR count). The van der Waals surface area contributed by atoms with Crippen LogP contribution in [0.15, 0.2) is 22.7 Å². The number of aliphatic hydroxyl groups excluding tert-OH is 1. The van der Waals surface area contributed by atoms with Crippen molar-refractivity contribution in [2.24, 2.45) is 0 Å². The van der Waals surface area contributed by atoms with Crippen molar-refractivity contribution in [3.8, 4) is 5.75 Å². The van der Waals surface area contributed by atoms with Gasteiger partial charge >= 0.3 is 0 Å². The minimum atomic E-state index is -0.638. The van der Waals surface area contributed by atoms with E-state index in [9.17, 15) is 9.90 Å². The second kappa shape index (κ2) is 6.91. The van der Waals surface area contributed by atoms with Crippen LogP contribution in [-0.4, -0.2) is 35.6 Å². The first-order valence-corrected chi connectivity index (χ1v) is 6.98. The molecule has 0 aliphatic rings. The van der Waals surface area contributed by atoms with E-state index in [0.29, 0.717) is 11.3 Å². The van der Waals surface area contributed by atoms with Gasteiger partial charge in [-0.05, 0) is 32.9 Å². The molecule has 4 nitrogen and oxygen atoms in total. The second-order valence-corrected chi connectivity index (χ2v) is 5.66. The van der Waals surface area contributed by atoms with Crippen molar-refractivity contribution in [1.29, 1.82) is 0 Å². The van der Waals surface area contributed by atoms with Gasteiger partial charge in [-0.25, -0.2) is 0 Å². The van der Waals surface area contributed by atoms with Crippen molar-refractivity contribution in [2.75, 3.05) is 13.7 Å². The van der Waals surface area contributed by atoms with E-state index < -0.39 is 6.10 Å². The lowest BCUT2D eigenvalue weighted by Gasteiger charge is -2.22. The zero-order valence-corrected chi connectivity index (χ0v) is 13.3. The third-order valence-electron chi connectivity index (χ3n) is 2.94. The summed E-state index contributed by atoms with van der Waals surface area (Å²) in [6, 6.07) is 5.50. The highest BCUT2D eigenvalue weighted by atomic mass is 79.9. The molecule has 0 aromatic heterocycles. The van der Waals surface area contributed by atoms with Crippen LogP contribution in [0.5, 0.6) is 5.75 Å². The van der Waals surface area contributed by atoms with Crippen molar-refractivity contribution in [1.82, 2.24) is 4.90 Å². The summed E-state index contributed by atoms with van der Waals surface area (Å²) in [5.41, 5.74) is 0.670. The first-order valence-electron chi connectivity index (χ1n) is 6.19. The summed E-state index contributed by atoms with van der Waals surface area (Å²) >= 11 is 3.35. The zero-order chi connectivity index (χ0) is 14.6. The molecule has 0 saturated heterocycles. The van der Waals surface area contributed by atoms with Crippen molar-refractivity contribution in [3.63, 3.8) is 0 Å². The van der Waals surface area contributed by atoms with Crippen molar-refractivity contribution >= 4 is 21.8 Å². The number of benzene rings is 1. The quantitative estimate of drug-likeness (QED) is 0.903. The van der Waals surface area contributed by atoms with Gasteiger partial charge in [0.05, 0.1) is 6.10 Å². The number of halogens is 1. The minimum absolute atomic E-state index is 0.0369. The number of ether oxygens (including phenoxy) is 1. The molecule has 0 aliphatic heterocycles. The Bertz CT molecular complexity index is 446. The largest absolute Gasteiger partial charge is 0.483 e. The van der Waals surface area contributed by atoms with Crippen LogP contribution in [0, 0.1) is 0 Å². The molecule has 0 fully saturated rings. The molecule has 1 aromatic rings. The van der Waals surface area contributed by atoms with E-state index >= 15 is 0 Å². The lowest BCUT2D eigenvalue weighted by Crippen LogP contribution is -2.36. The SMILES string of the molecule is CC(C)N(C)C(=O)COc1cc(Br)ccc1[C@@H](C)O. The van der Waals surface area contributed by atoms with E-state index in [4.69, 9.17) is 4.74 Å². The molecule has 0 unspecified atom stereocenters. The number of nitrogens with zero attached hydrogens (tertiary/aromatic N) is 1. The van der Waals surface area contributed by atoms with E-state index in [1.165, 1.54) is 0 Å². The number of aliphatic hydroxyl groups is 1. The summed E-state index contributed by atoms with van der Waals surface area (Å²) in [5, 5.41) is 9.67. The second-order valence-electron chi connectivity index (χ2n) is 4.75. The van der Waals surface area contributed by atoms with Crippen LogP contribution in [0.1, 0.15) is 32.4 Å². The zero-order valence-electron chi connectivity index (χ0n) is 11.7. The topological polar surface area (TPSA) is 49.8 Å². The standard InChI is InChI=1S/C14H20BrNO3/c1-9(2)16(4)14(18)8-19-13-7-11(15)5-6-12(13)10(3)17/h5-7,9-10,17H,8H2,1-4H3/t10-/m1/s1. The number of rotatable bonds is 5. The van der Waals surface area contributed by atoms with Crippen LogP contribution in [0.3, 0.4) is 0 Å². The molecule has 0 spiro atoms. The Morgan fingerprint density at radius 1 is 1.42 bits per heavy atom. The molecule has 0 aliphatic carbocycles. The molecule has 1 atom stereocenters. The Morgan fingerprint density at radius 3 is 2.58 bits per heavy atom. The van der Waals surface area contributed by atoms with Crippen LogP contribution >= 0.6 is 15.9 Å². The Hall–Kier alpha value is -1.07. The monoisotopic (exact) mass is 329 g/mol. The minimum Gasteiger partial charge on any atom is -0.483 e. The highest BCUT2D eigenvalue weighted by Gasteiger charge is 2.15. The molecule has 5 heteroatoms. The van der Waals surface area contributed by atoms with Crippen LogP contribution in [0.2, 0.25) is 0 Å². The van der Waals surface area contributed by atoms with Gasteiger partial charge in [0.2, 0.25) is 0 Å². The molecule has 0 radical (unpaired) electrons. The fraction of sp³-hybridized carbons (Fsp3) is 0.500. The van der Waals surface area contributed by atoms with E-state index in [0.717, 1.165) is 4.47 Å². The smallest absolute Gasteiger partial charge is 0.260 e. The molecule has 1 aromatic carbocycles. The fourth-order valence-corrected chi connectivity index (χ4v) is 1.85. The molecule has 19 heavy (non-hydrogen) atoms. The Morgan fingerprint density at radius 2 is 2.05 bits per heavy atom. The lowest BCUT2D eigenvalue weighted by atomic mass is 10.1. The molecular weight excluding hydrogens is 310 g/mol. The predicted molar refractivity (Wildman–Crippen MR) is 78.2 cm³/mol. The van der Waals surface area contributed by atoms with E-state index in [2.05, 4.69) is 15.9 Å². The van der Waals surface area contributed by atoms with Gasteiger partial charge < -0.3 is 14.7 Å². The van der Waals surface area contributed by atoms with Gasteiger partial charge in [0.1, 0.15) is 5.75 Å². The number of carbonyl (C=O) groups is 1. The van der Waals surface area contributed by atoms with Crippen molar-refractivity contribution in [3.05, 3.63) is 28.2 Å². The number of amides is 1. The predicted octanol–water partition coefficient (Wildman–Crippen LogP) is 2.75. The lowest BCUT2D eigenvalue weighted by molar-refractivity contribution is -0.133. The van der Waals surface area contributed by atoms with Crippen molar-refractivity contribution < 1.29 is 14.6 Å². The Labute approximate surface area is 122 Å². The average Bonchev–Trinajstić information content (AvgIpc) is 2.34. The van der Waals surface area contributed by atoms with Gasteiger partial charge in [-0.2, -0.15) is 0 Å². The summed E-state index contributed by atoms with van der Waals surface area (Å²) in [4.78, 5) is 13.5. The first kappa shape index (κ1) is 16.0. The summed E-state index contributed by atoms with van der Waals surface area (Å²) in [5.74, 6) is 0.432. The molecule has 106 valence electrons. The van der Waals surface area contributed by atoms with Crippen molar-refractivity contribution in [2.45, 2.75) is 32.9 Å². The first-order chi connectivity index (χ1) is 8.82. The Kier molecular flexibility index (Phi) is 5.82. The van der Waals surface area contributed by atoms with Gasteiger partial charge in [-0.15, -0.1) is 0 Å². The van der Waals surface area contributed by atoms with Crippen LogP contribution < -0.4 is 4.74 Å². The van der Waals surface area contributed by atoms with Crippen LogP contribution in [0.25, 0.3) is 0 Å². The van der Waals surface area contributed by atoms with E-state index in [-0.39, 0.29) is 18.6 Å². The number of carbonyl (C=O) groups excluding carboxylic acids is 1. The fourth-order valence-electron chi connectivity index (χ4n) is 1.51. The average molecular weight is 330 g/mol. The maximum Gasteiger partial charge on any atom is 0.260 e. The summed E-state index contributed by atoms with van der Waals surface area (Å²) in [6.45, 7) is 5.51.